The van der Waals surface area contributed by atoms with Crippen LogP contribution in [0.2, 0.25) is 0 Å². The van der Waals surface area contributed by atoms with Crippen LogP contribution in [0.15, 0.2) is 12.4 Å². The minimum Gasteiger partial charge on any atom is -0.382 e. The Morgan fingerprint density at radius 1 is 1.33 bits per heavy atom. The number of hydrogen-bond acceptors (Lipinski definition) is 4. The van der Waals surface area contributed by atoms with Crippen molar-refractivity contribution in [2.24, 2.45) is 5.92 Å². The molecule has 1 fully saturated rings. The lowest BCUT2D eigenvalue weighted by molar-refractivity contribution is 0.0928. The van der Waals surface area contributed by atoms with Crippen molar-refractivity contribution < 1.29 is 4.79 Å². The van der Waals surface area contributed by atoms with Crippen LogP contribution >= 0.6 is 0 Å². The molecule has 1 saturated carbocycles. The Bertz CT molecular complexity index is 421. The van der Waals surface area contributed by atoms with Crippen LogP contribution in [0.5, 0.6) is 0 Å². The van der Waals surface area contributed by atoms with Crippen molar-refractivity contribution in [3.8, 4) is 0 Å². The summed E-state index contributed by atoms with van der Waals surface area (Å²) in [5.74, 6) is 0.866. The van der Waals surface area contributed by atoms with Gasteiger partial charge in [-0.15, -0.1) is 0 Å². The van der Waals surface area contributed by atoms with E-state index in [1.807, 2.05) is 0 Å². The first-order chi connectivity index (χ1) is 8.65. The standard InChI is InChI=1S/C13H20N4O/c1-9-3-2-4-10(6-5-9)16-13(18)11-7-15-8-12(14)17-11/h7-10H,2-6H2,1H3,(H2,14,17)(H,16,18). The van der Waals surface area contributed by atoms with Crippen LogP contribution in [0, 0.1) is 5.92 Å². The summed E-state index contributed by atoms with van der Waals surface area (Å²) < 4.78 is 0. The van der Waals surface area contributed by atoms with E-state index in [1.54, 1.807) is 0 Å². The second-order valence-corrected chi connectivity index (χ2v) is 5.11. The Morgan fingerprint density at radius 2 is 2.17 bits per heavy atom. The molecule has 0 spiro atoms. The van der Waals surface area contributed by atoms with Gasteiger partial charge in [-0.05, 0) is 25.2 Å². The molecular formula is C13H20N4O. The SMILES string of the molecule is CC1CCCC(NC(=O)c2cncc(N)n2)CC1. The molecule has 1 aromatic rings. The Kier molecular flexibility index (Phi) is 4.12. The van der Waals surface area contributed by atoms with E-state index in [4.69, 9.17) is 5.73 Å². The lowest BCUT2D eigenvalue weighted by Gasteiger charge is -2.15. The number of rotatable bonds is 2. The van der Waals surface area contributed by atoms with Gasteiger partial charge in [0.1, 0.15) is 11.5 Å². The van der Waals surface area contributed by atoms with Gasteiger partial charge in [-0.25, -0.2) is 4.98 Å². The molecule has 1 aromatic heterocycles. The fourth-order valence-corrected chi connectivity index (χ4v) is 2.38. The van der Waals surface area contributed by atoms with Crippen molar-refractivity contribution in [2.75, 3.05) is 5.73 Å². The first-order valence-corrected chi connectivity index (χ1v) is 6.53. The minimum absolute atomic E-state index is 0.172. The number of aromatic nitrogens is 2. The smallest absolute Gasteiger partial charge is 0.271 e. The van der Waals surface area contributed by atoms with Gasteiger partial charge < -0.3 is 11.1 Å². The topological polar surface area (TPSA) is 80.9 Å². The van der Waals surface area contributed by atoms with E-state index in [-0.39, 0.29) is 17.8 Å². The van der Waals surface area contributed by atoms with Crippen LogP contribution in [-0.2, 0) is 0 Å². The Labute approximate surface area is 107 Å². The summed E-state index contributed by atoms with van der Waals surface area (Å²) in [6.45, 7) is 2.27. The molecule has 0 saturated heterocycles. The highest BCUT2D eigenvalue weighted by Gasteiger charge is 2.19. The van der Waals surface area contributed by atoms with Crippen molar-refractivity contribution >= 4 is 11.7 Å². The number of carbonyl (C=O) groups is 1. The van der Waals surface area contributed by atoms with Crippen LogP contribution in [0.3, 0.4) is 0 Å². The third-order valence-corrected chi connectivity index (χ3v) is 3.48. The first kappa shape index (κ1) is 12.8. The van der Waals surface area contributed by atoms with Gasteiger partial charge in [0.15, 0.2) is 0 Å². The van der Waals surface area contributed by atoms with Gasteiger partial charge in [0.2, 0.25) is 0 Å². The van der Waals surface area contributed by atoms with Gasteiger partial charge in [-0.3, -0.25) is 9.78 Å². The van der Waals surface area contributed by atoms with Crippen LogP contribution in [-0.4, -0.2) is 21.9 Å². The van der Waals surface area contributed by atoms with Crippen molar-refractivity contribution in [2.45, 2.75) is 45.1 Å². The molecule has 98 valence electrons. The fraction of sp³-hybridized carbons (Fsp3) is 0.615. The van der Waals surface area contributed by atoms with Crippen molar-refractivity contribution in [3.05, 3.63) is 18.1 Å². The van der Waals surface area contributed by atoms with E-state index in [9.17, 15) is 4.79 Å². The molecule has 2 atom stereocenters. The average Bonchev–Trinajstić information content (AvgIpc) is 2.54. The molecule has 1 amide bonds. The predicted molar refractivity (Wildman–Crippen MR) is 69.9 cm³/mol. The second kappa shape index (κ2) is 5.80. The first-order valence-electron chi connectivity index (χ1n) is 6.53. The summed E-state index contributed by atoms with van der Waals surface area (Å²) >= 11 is 0. The highest BCUT2D eigenvalue weighted by atomic mass is 16.1. The number of nitrogen functional groups attached to an aromatic ring is 1. The molecule has 1 aliphatic carbocycles. The van der Waals surface area contributed by atoms with Gasteiger partial charge >= 0.3 is 0 Å². The Hall–Kier alpha value is -1.65. The molecule has 0 bridgehead atoms. The molecule has 1 heterocycles. The summed E-state index contributed by atoms with van der Waals surface area (Å²) in [6, 6.07) is 0.255. The van der Waals surface area contributed by atoms with Gasteiger partial charge in [0.05, 0.1) is 12.4 Å². The summed E-state index contributed by atoms with van der Waals surface area (Å²) in [5, 5.41) is 3.03. The molecule has 5 nitrogen and oxygen atoms in total. The summed E-state index contributed by atoms with van der Waals surface area (Å²) in [6.07, 6.45) is 8.58. The lowest BCUT2D eigenvalue weighted by Crippen LogP contribution is -2.35. The van der Waals surface area contributed by atoms with Crippen molar-refractivity contribution in [3.63, 3.8) is 0 Å². The number of hydrogen-bond donors (Lipinski definition) is 2. The zero-order valence-corrected chi connectivity index (χ0v) is 10.7. The van der Waals surface area contributed by atoms with Crippen molar-refractivity contribution in [1.29, 1.82) is 0 Å². The quantitative estimate of drug-likeness (QED) is 0.781. The predicted octanol–water partition coefficient (Wildman–Crippen LogP) is 1.76. The fourth-order valence-electron chi connectivity index (χ4n) is 2.38. The number of nitrogens with one attached hydrogen (secondary N) is 1. The maximum Gasteiger partial charge on any atom is 0.271 e. The number of amides is 1. The number of anilines is 1. The van der Waals surface area contributed by atoms with Gasteiger partial charge in [-0.2, -0.15) is 0 Å². The van der Waals surface area contributed by atoms with Crippen LogP contribution in [0.25, 0.3) is 0 Å². The van der Waals surface area contributed by atoms with E-state index in [2.05, 4.69) is 22.2 Å². The normalized spacial score (nSPS) is 24.3. The zero-order valence-electron chi connectivity index (χ0n) is 10.7. The largest absolute Gasteiger partial charge is 0.382 e. The van der Waals surface area contributed by atoms with Gasteiger partial charge in [0, 0.05) is 6.04 Å². The minimum atomic E-state index is -0.172. The molecule has 5 heteroatoms. The molecule has 0 aliphatic heterocycles. The second-order valence-electron chi connectivity index (χ2n) is 5.11. The van der Waals surface area contributed by atoms with Crippen LogP contribution < -0.4 is 11.1 Å². The molecule has 1 aliphatic rings. The third-order valence-electron chi connectivity index (χ3n) is 3.48. The number of nitrogens with two attached hydrogens (primary N) is 1. The highest BCUT2D eigenvalue weighted by Crippen LogP contribution is 2.22. The van der Waals surface area contributed by atoms with E-state index in [0.717, 1.165) is 18.8 Å². The Balaban J connectivity index is 1.94. The van der Waals surface area contributed by atoms with E-state index in [0.29, 0.717) is 5.69 Å². The summed E-state index contributed by atoms with van der Waals surface area (Å²) in [5.41, 5.74) is 5.82. The van der Waals surface area contributed by atoms with Gasteiger partial charge in [-0.1, -0.05) is 19.8 Å². The van der Waals surface area contributed by atoms with Crippen LogP contribution in [0.1, 0.15) is 49.5 Å². The average molecular weight is 248 g/mol. The van der Waals surface area contributed by atoms with E-state index >= 15 is 0 Å². The highest BCUT2D eigenvalue weighted by molar-refractivity contribution is 5.92. The number of nitrogens with zero attached hydrogens (tertiary/aromatic N) is 2. The molecule has 2 rings (SSSR count). The summed E-state index contributed by atoms with van der Waals surface area (Å²) in [4.78, 5) is 19.9. The van der Waals surface area contributed by atoms with Gasteiger partial charge in [0.25, 0.3) is 5.91 Å². The maximum atomic E-state index is 12.0. The summed E-state index contributed by atoms with van der Waals surface area (Å²) in [7, 11) is 0. The zero-order chi connectivity index (χ0) is 13.0. The van der Waals surface area contributed by atoms with Crippen molar-refractivity contribution in [1.82, 2.24) is 15.3 Å². The number of carbonyl (C=O) groups excluding carboxylic acids is 1. The Morgan fingerprint density at radius 3 is 2.94 bits per heavy atom. The molecule has 18 heavy (non-hydrogen) atoms. The molecule has 2 unspecified atom stereocenters. The lowest BCUT2D eigenvalue weighted by atomic mass is 10.0. The van der Waals surface area contributed by atoms with Crippen LogP contribution in [0.4, 0.5) is 5.82 Å². The van der Waals surface area contributed by atoms with E-state index < -0.39 is 0 Å². The molecule has 3 N–H and O–H groups in total. The molecular weight excluding hydrogens is 228 g/mol. The maximum absolute atomic E-state index is 12.0. The monoisotopic (exact) mass is 248 g/mol. The van der Waals surface area contributed by atoms with E-state index in [1.165, 1.54) is 31.7 Å². The molecule has 0 aromatic carbocycles. The third kappa shape index (κ3) is 3.42. The molecule has 0 radical (unpaired) electrons.